The predicted octanol–water partition coefficient (Wildman–Crippen LogP) is 0.0412. The van der Waals surface area contributed by atoms with Crippen LogP contribution in [0.5, 0.6) is 0 Å². The highest BCUT2D eigenvalue weighted by molar-refractivity contribution is 7.92. The predicted molar refractivity (Wildman–Crippen MR) is 88.1 cm³/mol. The summed E-state index contributed by atoms with van der Waals surface area (Å²) in [4.78, 5) is 39.3. The number of fused-ring (bicyclic) bond motifs is 1. The number of carboxylic acids is 2. The van der Waals surface area contributed by atoms with E-state index < -0.39 is 44.5 Å². The number of carbonyl (C=O) groups is 3. The second-order valence-corrected chi connectivity index (χ2v) is 7.60. The number of sulfone groups is 1. The van der Waals surface area contributed by atoms with Crippen LogP contribution in [0.3, 0.4) is 0 Å². The Bertz CT molecular complexity index is 1010. The van der Waals surface area contributed by atoms with Crippen molar-refractivity contribution < 1.29 is 33.0 Å². The van der Waals surface area contributed by atoms with Crippen molar-refractivity contribution in [1.82, 2.24) is 9.88 Å². The molecule has 0 spiro atoms. The van der Waals surface area contributed by atoms with E-state index in [4.69, 9.17) is 5.11 Å². The van der Waals surface area contributed by atoms with E-state index in [0.29, 0.717) is 16.7 Å². The summed E-state index contributed by atoms with van der Waals surface area (Å²) in [5, 5.41) is 16.7. The van der Waals surface area contributed by atoms with E-state index in [2.05, 4.69) is 4.98 Å². The minimum absolute atomic E-state index is 0.0799. The molecule has 0 unspecified atom stereocenters. The Morgan fingerprint density at radius 3 is 2.58 bits per heavy atom. The molecule has 0 saturated carbocycles. The molecule has 1 fully saturated rings. The lowest BCUT2D eigenvalue weighted by Crippen LogP contribution is -2.62. The van der Waals surface area contributed by atoms with Crippen LogP contribution in [0.1, 0.15) is 5.69 Å². The first-order chi connectivity index (χ1) is 12.2. The maximum absolute atomic E-state index is 12.5. The molecular formula is C16H12N2O7S. The van der Waals surface area contributed by atoms with Crippen LogP contribution in [-0.4, -0.2) is 57.5 Å². The summed E-state index contributed by atoms with van der Waals surface area (Å²) >= 11 is 0. The molecule has 0 aliphatic carbocycles. The van der Waals surface area contributed by atoms with Gasteiger partial charge in [0.05, 0.1) is 17.0 Å². The van der Waals surface area contributed by atoms with E-state index in [1.807, 2.05) is 0 Å². The molecule has 1 saturated heterocycles. The molecule has 0 aromatic carbocycles. The van der Waals surface area contributed by atoms with Crippen molar-refractivity contribution in [2.24, 2.45) is 0 Å². The van der Waals surface area contributed by atoms with E-state index in [-0.39, 0.29) is 11.1 Å². The molecule has 1 aromatic heterocycles. The number of hydrogen-bond donors (Lipinski definition) is 2. The third kappa shape index (κ3) is 2.90. The van der Waals surface area contributed by atoms with Crippen LogP contribution >= 0.6 is 0 Å². The molecule has 134 valence electrons. The number of hydrogen-bond acceptors (Lipinski definition) is 6. The monoisotopic (exact) mass is 376 g/mol. The maximum Gasteiger partial charge on any atom is 0.352 e. The Kier molecular flexibility index (Phi) is 4.20. The smallest absolute Gasteiger partial charge is 0.352 e. The van der Waals surface area contributed by atoms with Crippen molar-refractivity contribution in [3.05, 3.63) is 59.1 Å². The van der Waals surface area contributed by atoms with Gasteiger partial charge in [-0.25, -0.2) is 18.0 Å². The van der Waals surface area contributed by atoms with Crippen LogP contribution in [-0.2, 0) is 24.2 Å². The van der Waals surface area contributed by atoms with Gasteiger partial charge in [-0.3, -0.25) is 14.7 Å². The van der Waals surface area contributed by atoms with Gasteiger partial charge in [-0.2, -0.15) is 0 Å². The molecule has 2 aliphatic heterocycles. The number of pyridine rings is 1. The van der Waals surface area contributed by atoms with Crippen molar-refractivity contribution in [2.45, 2.75) is 5.37 Å². The van der Waals surface area contributed by atoms with Crippen LogP contribution in [0, 0.1) is 0 Å². The number of allylic oxidation sites excluding steroid dienone is 1. The van der Waals surface area contributed by atoms with E-state index in [9.17, 15) is 27.9 Å². The summed E-state index contributed by atoms with van der Waals surface area (Å²) < 4.78 is 25.1. The molecule has 1 atom stereocenters. The number of amides is 1. The SMILES string of the molecule is O=C(O)/C=C/C1=C(C(=O)O)N2C(=O)/C(=C/c3ccccn3)[C@@H]2S(=O)(=O)C1. The first-order valence-electron chi connectivity index (χ1n) is 7.27. The zero-order chi connectivity index (χ0) is 19.1. The van der Waals surface area contributed by atoms with Gasteiger partial charge in [0.2, 0.25) is 0 Å². The summed E-state index contributed by atoms with van der Waals surface area (Å²) in [6.45, 7) is 0. The topological polar surface area (TPSA) is 142 Å². The third-order valence-electron chi connectivity index (χ3n) is 3.83. The number of aliphatic carboxylic acids is 2. The fourth-order valence-electron chi connectivity index (χ4n) is 2.81. The minimum atomic E-state index is -3.95. The zero-order valence-corrected chi connectivity index (χ0v) is 13.9. The Morgan fingerprint density at radius 2 is 2.00 bits per heavy atom. The summed E-state index contributed by atoms with van der Waals surface area (Å²) in [5.74, 6) is -4.35. The van der Waals surface area contributed by atoms with Gasteiger partial charge >= 0.3 is 11.9 Å². The van der Waals surface area contributed by atoms with Crippen molar-refractivity contribution in [3.63, 3.8) is 0 Å². The molecule has 1 aromatic rings. The summed E-state index contributed by atoms with van der Waals surface area (Å²) in [6, 6.07) is 4.89. The van der Waals surface area contributed by atoms with Gasteiger partial charge in [0, 0.05) is 12.3 Å². The van der Waals surface area contributed by atoms with Gasteiger partial charge in [0.1, 0.15) is 5.70 Å². The highest BCUT2D eigenvalue weighted by Gasteiger charge is 2.56. The Hall–Kier alpha value is -3.27. The van der Waals surface area contributed by atoms with Crippen molar-refractivity contribution in [2.75, 3.05) is 5.75 Å². The highest BCUT2D eigenvalue weighted by Crippen LogP contribution is 2.41. The van der Waals surface area contributed by atoms with Crippen LogP contribution < -0.4 is 0 Å². The van der Waals surface area contributed by atoms with Gasteiger partial charge in [-0.15, -0.1) is 0 Å². The number of β-lactam (4-membered cyclic amide) rings is 1. The molecule has 0 radical (unpaired) electrons. The minimum Gasteiger partial charge on any atom is -0.478 e. The van der Waals surface area contributed by atoms with E-state index in [0.717, 1.165) is 6.08 Å². The molecule has 2 aliphatic rings. The number of rotatable bonds is 4. The number of aromatic nitrogens is 1. The fourth-order valence-corrected chi connectivity index (χ4v) is 4.71. The number of nitrogens with zero attached hydrogens (tertiary/aromatic N) is 2. The quantitative estimate of drug-likeness (QED) is 0.554. The zero-order valence-electron chi connectivity index (χ0n) is 13.1. The molecule has 2 N–H and O–H groups in total. The van der Waals surface area contributed by atoms with Gasteiger partial charge in [-0.1, -0.05) is 6.07 Å². The van der Waals surface area contributed by atoms with Gasteiger partial charge in [-0.05, 0) is 29.9 Å². The first kappa shape index (κ1) is 17.5. The molecular weight excluding hydrogens is 364 g/mol. The maximum atomic E-state index is 12.5. The average molecular weight is 376 g/mol. The second-order valence-electron chi connectivity index (χ2n) is 5.54. The number of carbonyl (C=O) groups excluding carboxylic acids is 1. The summed E-state index contributed by atoms with van der Waals surface area (Å²) in [5.41, 5.74) is -0.515. The third-order valence-corrected chi connectivity index (χ3v) is 5.69. The average Bonchev–Trinajstić information content (AvgIpc) is 2.57. The summed E-state index contributed by atoms with van der Waals surface area (Å²) in [6.07, 6.45) is 4.29. The Balaban J connectivity index is 2.10. The van der Waals surface area contributed by atoms with E-state index in [1.54, 1.807) is 18.2 Å². The van der Waals surface area contributed by atoms with Gasteiger partial charge < -0.3 is 10.2 Å². The fraction of sp³-hybridized carbons (Fsp3) is 0.125. The van der Waals surface area contributed by atoms with Crippen LogP contribution in [0.4, 0.5) is 0 Å². The van der Waals surface area contributed by atoms with Gasteiger partial charge in [0.15, 0.2) is 15.2 Å². The molecule has 3 heterocycles. The van der Waals surface area contributed by atoms with E-state index in [1.165, 1.54) is 12.3 Å². The highest BCUT2D eigenvalue weighted by atomic mass is 32.2. The lowest BCUT2D eigenvalue weighted by molar-refractivity contribution is -0.141. The van der Waals surface area contributed by atoms with Crippen LogP contribution in [0.15, 0.2) is 53.4 Å². The van der Waals surface area contributed by atoms with E-state index >= 15 is 0 Å². The van der Waals surface area contributed by atoms with Gasteiger partial charge in [0.25, 0.3) is 5.91 Å². The molecule has 26 heavy (non-hydrogen) atoms. The molecule has 10 heteroatoms. The normalized spacial score (nSPS) is 23.1. The first-order valence-corrected chi connectivity index (χ1v) is 8.99. The lowest BCUT2D eigenvalue weighted by Gasteiger charge is -2.45. The Labute approximate surface area is 147 Å². The van der Waals surface area contributed by atoms with Crippen molar-refractivity contribution in [3.8, 4) is 0 Å². The number of carboxylic acid groups (broad SMARTS) is 2. The van der Waals surface area contributed by atoms with Crippen molar-refractivity contribution in [1.29, 1.82) is 0 Å². The summed E-state index contributed by atoms with van der Waals surface area (Å²) in [7, 11) is -3.95. The van der Waals surface area contributed by atoms with Crippen LogP contribution in [0.25, 0.3) is 6.08 Å². The van der Waals surface area contributed by atoms with Crippen molar-refractivity contribution >= 4 is 33.8 Å². The molecule has 9 nitrogen and oxygen atoms in total. The second kappa shape index (κ2) is 6.23. The standard InChI is InChI=1S/C16H12N2O7S/c19-12(20)5-4-9-8-26(24,25)15-11(7-10-3-1-2-6-17-10)14(21)18(15)13(9)16(22)23/h1-7,15H,8H2,(H,19,20)(H,22,23)/b5-4+,11-7-/t15-/m0/s1. The van der Waals surface area contributed by atoms with Crippen LogP contribution in [0.2, 0.25) is 0 Å². The lowest BCUT2D eigenvalue weighted by atomic mass is 10.0. The molecule has 1 amide bonds. The molecule has 0 bridgehead atoms. The largest absolute Gasteiger partial charge is 0.478 e. The molecule has 3 rings (SSSR count). The Morgan fingerprint density at radius 1 is 1.27 bits per heavy atom.